The number of carbonyl (C=O) groups is 1. The van der Waals surface area contributed by atoms with Crippen LogP contribution in [-0.4, -0.2) is 115 Å². The van der Waals surface area contributed by atoms with Crippen molar-refractivity contribution in [2.24, 2.45) is 11.3 Å². The molecule has 0 N–H and O–H groups in total. The van der Waals surface area contributed by atoms with Crippen molar-refractivity contribution >= 4 is 23.3 Å². The molecular weight excluding hydrogens is 573 g/mol. The van der Waals surface area contributed by atoms with Crippen LogP contribution in [0.25, 0.3) is 0 Å². The molecule has 0 aliphatic carbocycles. The van der Waals surface area contributed by atoms with Gasteiger partial charge in [0.15, 0.2) is 5.82 Å². The second-order valence-corrected chi connectivity index (χ2v) is 13.1. The Labute approximate surface area is 260 Å². The number of halogens is 2. The highest BCUT2D eigenvalue weighted by Gasteiger charge is 2.50. The summed E-state index contributed by atoms with van der Waals surface area (Å²) >= 11 is 6.20. The minimum Gasteiger partial charge on any atom is -0.434 e. The average molecular weight is 620 g/mol. The van der Waals surface area contributed by atoms with Crippen LogP contribution in [0.5, 0.6) is 11.6 Å². The fourth-order valence-corrected chi connectivity index (χ4v) is 6.26. The van der Waals surface area contributed by atoms with Crippen LogP contribution in [0.3, 0.4) is 0 Å². The van der Waals surface area contributed by atoms with E-state index >= 15 is 0 Å². The molecule has 1 spiro atoms. The van der Waals surface area contributed by atoms with Gasteiger partial charge in [-0.3, -0.25) is 9.69 Å². The van der Waals surface area contributed by atoms with Gasteiger partial charge in [0.1, 0.15) is 11.6 Å². The highest BCUT2D eigenvalue weighted by molar-refractivity contribution is 6.28. The molecule has 2 fully saturated rings. The van der Waals surface area contributed by atoms with E-state index in [1.54, 1.807) is 14.2 Å². The van der Waals surface area contributed by atoms with Crippen molar-refractivity contribution in [3.63, 3.8) is 0 Å². The Morgan fingerprint density at radius 1 is 1.14 bits per heavy atom. The molecule has 1 atom stereocenters. The van der Waals surface area contributed by atoms with Gasteiger partial charge >= 0.3 is 0 Å². The highest BCUT2D eigenvalue weighted by Crippen LogP contribution is 2.45. The summed E-state index contributed by atoms with van der Waals surface area (Å²) in [5.41, 5.74) is 0.268. The molecule has 0 radical (unpaired) electrons. The third kappa shape index (κ3) is 8.12. The number of amides is 1. The van der Waals surface area contributed by atoms with E-state index in [1.807, 2.05) is 13.8 Å². The van der Waals surface area contributed by atoms with Gasteiger partial charge in [0, 0.05) is 64.4 Å². The first-order valence-corrected chi connectivity index (χ1v) is 15.6. The summed E-state index contributed by atoms with van der Waals surface area (Å²) in [6.07, 6.45) is 3.35. The van der Waals surface area contributed by atoms with E-state index in [0.717, 1.165) is 58.7 Å². The number of anilines is 1. The van der Waals surface area contributed by atoms with Gasteiger partial charge < -0.3 is 24.2 Å². The van der Waals surface area contributed by atoms with Crippen molar-refractivity contribution < 1.29 is 18.7 Å². The molecule has 0 saturated carbocycles. The fraction of sp³-hybridized carbons (Fsp3) is 0.677. The van der Waals surface area contributed by atoms with Crippen LogP contribution in [-0.2, 0) is 4.74 Å². The lowest BCUT2D eigenvalue weighted by atomic mass is 9.76. The maximum Gasteiger partial charge on any atom is 0.282 e. The lowest BCUT2D eigenvalue weighted by Gasteiger charge is -2.53. The van der Waals surface area contributed by atoms with Gasteiger partial charge in [0.25, 0.3) is 11.8 Å². The lowest BCUT2D eigenvalue weighted by Crippen LogP contribution is -2.62. The second kappa shape index (κ2) is 14.5. The number of likely N-dealkylation sites (N-methyl/N-ethyl adjacent to an activating group) is 1. The van der Waals surface area contributed by atoms with Crippen molar-refractivity contribution in [2.75, 3.05) is 72.0 Å². The van der Waals surface area contributed by atoms with E-state index in [0.29, 0.717) is 17.8 Å². The Morgan fingerprint density at radius 3 is 2.56 bits per heavy atom. The zero-order valence-corrected chi connectivity index (χ0v) is 27.4. The van der Waals surface area contributed by atoms with Crippen LogP contribution < -0.4 is 9.64 Å². The Balaban J connectivity index is 1.44. The standard InChI is InChI=1S/C31H47ClFN7O3/c1-21(2)25(9-8-13-37(5)15-16-42-7)40-19-31(20-40)12-14-39(18-31)27-28(35-36-30(32)34-27)43-26-11-10-23(33)17-24(26)29(41)38(6)22(3)4/h10-11,17,21-22,25H,8-9,12-16,18-20H2,1-7H3. The number of carbonyl (C=O) groups excluding carboxylic acids is 1. The number of methoxy groups -OCH3 is 1. The number of hydrogen-bond donors (Lipinski definition) is 0. The molecular formula is C31H47ClFN7O3. The molecule has 2 aliphatic heterocycles. The first-order valence-electron chi connectivity index (χ1n) is 15.2. The van der Waals surface area contributed by atoms with Crippen molar-refractivity contribution in [3.8, 4) is 11.6 Å². The molecule has 43 heavy (non-hydrogen) atoms. The van der Waals surface area contributed by atoms with Crippen LogP contribution in [0.1, 0.15) is 57.3 Å². The van der Waals surface area contributed by atoms with E-state index in [2.05, 4.69) is 50.8 Å². The Kier molecular flexibility index (Phi) is 11.2. The summed E-state index contributed by atoms with van der Waals surface area (Å²) in [6, 6.07) is 4.35. The largest absolute Gasteiger partial charge is 0.434 e. The quantitative estimate of drug-likeness (QED) is 0.295. The van der Waals surface area contributed by atoms with E-state index in [-0.39, 0.29) is 39.8 Å². The summed E-state index contributed by atoms with van der Waals surface area (Å²) in [5.74, 6) is 0.512. The zero-order chi connectivity index (χ0) is 31.3. The van der Waals surface area contributed by atoms with Crippen molar-refractivity contribution in [1.82, 2.24) is 29.9 Å². The molecule has 1 aromatic heterocycles. The van der Waals surface area contributed by atoms with Gasteiger partial charge in [-0.25, -0.2) is 4.39 Å². The molecule has 10 nitrogen and oxygen atoms in total. The molecule has 1 aromatic carbocycles. The smallest absolute Gasteiger partial charge is 0.282 e. The van der Waals surface area contributed by atoms with Crippen molar-refractivity contribution in [1.29, 1.82) is 0 Å². The SMILES string of the molecule is COCCN(C)CCCC(C(C)C)N1CC2(CCN(c3nc(Cl)nnc3Oc3ccc(F)cc3C(=O)N(C)C(C)C)C2)C1. The topological polar surface area (TPSA) is 87.2 Å². The molecule has 12 heteroatoms. The first kappa shape index (κ1) is 33.3. The van der Waals surface area contributed by atoms with Crippen molar-refractivity contribution in [2.45, 2.75) is 59.0 Å². The number of aromatic nitrogens is 3. The maximum absolute atomic E-state index is 14.2. The Morgan fingerprint density at radius 2 is 1.88 bits per heavy atom. The highest BCUT2D eigenvalue weighted by atomic mass is 35.5. The van der Waals surface area contributed by atoms with E-state index in [1.165, 1.54) is 29.5 Å². The zero-order valence-electron chi connectivity index (χ0n) is 26.6. The van der Waals surface area contributed by atoms with Gasteiger partial charge in [0.05, 0.1) is 12.2 Å². The normalized spacial score (nSPS) is 17.3. The number of ether oxygens (including phenoxy) is 2. The lowest BCUT2D eigenvalue weighted by molar-refractivity contribution is -0.0345. The molecule has 0 bridgehead atoms. The fourth-order valence-electron chi connectivity index (χ4n) is 6.14. The number of likely N-dealkylation sites (tertiary alicyclic amines) is 1. The van der Waals surface area contributed by atoms with Crippen LogP contribution >= 0.6 is 11.6 Å². The van der Waals surface area contributed by atoms with Gasteiger partial charge in [0.2, 0.25) is 5.28 Å². The molecule has 1 amide bonds. The maximum atomic E-state index is 14.2. The molecule has 238 valence electrons. The Hall–Kier alpha value is -2.60. The van der Waals surface area contributed by atoms with E-state index < -0.39 is 5.82 Å². The summed E-state index contributed by atoms with van der Waals surface area (Å²) in [6.45, 7) is 14.8. The van der Waals surface area contributed by atoms with Crippen LogP contribution in [0.4, 0.5) is 10.2 Å². The molecule has 4 rings (SSSR count). The predicted octanol–water partition coefficient (Wildman–Crippen LogP) is 4.83. The molecule has 2 aliphatic rings. The van der Waals surface area contributed by atoms with Gasteiger partial charge in [-0.05, 0) is 82.4 Å². The number of rotatable bonds is 14. The van der Waals surface area contributed by atoms with Crippen LogP contribution in [0.2, 0.25) is 5.28 Å². The predicted molar refractivity (Wildman–Crippen MR) is 167 cm³/mol. The molecule has 3 heterocycles. The average Bonchev–Trinajstić information content (AvgIpc) is 3.40. The second-order valence-electron chi connectivity index (χ2n) is 12.8. The minimum absolute atomic E-state index is 0.0174. The molecule has 1 unspecified atom stereocenters. The minimum atomic E-state index is -0.526. The molecule has 2 saturated heterocycles. The van der Waals surface area contributed by atoms with Gasteiger partial charge in [-0.15, -0.1) is 10.2 Å². The number of nitrogens with zero attached hydrogens (tertiary/aromatic N) is 7. The van der Waals surface area contributed by atoms with Crippen LogP contribution in [0.15, 0.2) is 18.2 Å². The van der Waals surface area contributed by atoms with Crippen LogP contribution in [0, 0.1) is 17.2 Å². The van der Waals surface area contributed by atoms with Crippen molar-refractivity contribution in [3.05, 3.63) is 34.9 Å². The third-order valence-corrected chi connectivity index (χ3v) is 9.02. The summed E-state index contributed by atoms with van der Waals surface area (Å²) in [7, 11) is 5.57. The Bertz CT molecular complexity index is 1240. The van der Waals surface area contributed by atoms with E-state index in [4.69, 9.17) is 21.1 Å². The van der Waals surface area contributed by atoms with Gasteiger partial charge in [-0.2, -0.15) is 4.98 Å². The van der Waals surface area contributed by atoms with E-state index in [9.17, 15) is 9.18 Å². The summed E-state index contributed by atoms with van der Waals surface area (Å²) < 4.78 is 25.5. The number of benzene rings is 1. The molecule has 2 aromatic rings. The monoisotopic (exact) mass is 619 g/mol. The third-order valence-electron chi connectivity index (χ3n) is 8.86. The van der Waals surface area contributed by atoms with Gasteiger partial charge in [-0.1, -0.05) is 13.8 Å². The summed E-state index contributed by atoms with van der Waals surface area (Å²) in [5, 5.41) is 8.12. The first-order chi connectivity index (χ1) is 20.4. The number of hydrogen-bond acceptors (Lipinski definition) is 9. The summed E-state index contributed by atoms with van der Waals surface area (Å²) in [4.78, 5) is 26.3.